The van der Waals surface area contributed by atoms with E-state index in [4.69, 9.17) is 5.73 Å². The van der Waals surface area contributed by atoms with Gasteiger partial charge in [-0.3, -0.25) is 4.79 Å². The number of likely N-dealkylation sites (N-methyl/N-ethyl adjacent to an activating group) is 1. The van der Waals surface area contributed by atoms with E-state index in [2.05, 4.69) is 6.92 Å². The van der Waals surface area contributed by atoms with E-state index < -0.39 is 0 Å². The molecule has 1 heterocycles. The first-order valence-corrected chi connectivity index (χ1v) is 6.56. The molecule has 2 N–H and O–H groups in total. The molecule has 0 bridgehead atoms. The van der Waals surface area contributed by atoms with Crippen LogP contribution in [0.15, 0.2) is 17.5 Å². The second-order valence-electron chi connectivity index (χ2n) is 4.02. The van der Waals surface area contributed by atoms with E-state index in [1.807, 2.05) is 24.6 Å². The first kappa shape index (κ1) is 13.2. The Labute approximate surface area is 101 Å². The number of thiophene rings is 1. The second-order valence-corrected chi connectivity index (χ2v) is 5.05. The Balaban J connectivity index is 2.41. The normalized spacial score (nSPS) is 12.4. The summed E-state index contributed by atoms with van der Waals surface area (Å²) in [5.74, 6) is 0.0434. The van der Waals surface area contributed by atoms with Gasteiger partial charge >= 0.3 is 0 Å². The molecule has 0 aliphatic heterocycles. The highest BCUT2D eigenvalue weighted by atomic mass is 32.1. The third-order valence-corrected chi connectivity index (χ3v) is 3.40. The number of unbranched alkanes of at least 4 members (excludes halogenated alkanes) is 1. The van der Waals surface area contributed by atoms with Crippen LogP contribution in [0.2, 0.25) is 0 Å². The molecule has 0 aliphatic carbocycles. The molecule has 0 aliphatic rings. The summed E-state index contributed by atoms with van der Waals surface area (Å²) < 4.78 is 0. The maximum atomic E-state index is 11.9. The average molecular weight is 240 g/mol. The summed E-state index contributed by atoms with van der Waals surface area (Å²) >= 11 is 1.66. The molecule has 1 amide bonds. The molecular formula is C12H20N2OS. The second kappa shape index (κ2) is 6.66. The van der Waals surface area contributed by atoms with Gasteiger partial charge < -0.3 is 10.6 Å². The summed E-state index contributed by atoms with van der Waals surface area (Å²) in [7, 11) is 1.81. The first-order valence-electron chi connectivity index (χ1n) is 5.68. The minimum Gasteiger partial charge on any atom is -0.339 e. The van der Waals surface area contributed by atoms with Crippen LogP contribution < -0.4 is 5.73 Å². The third-order valence-electron chi connectivity index (χ3n) is 2.54. The van der Waals surface area contributed by atoms with Crippen LogP contribution in [0.25, 0.3) is 0 Å². The van der Waals surface area contributed by atoms with Crippen LogP contribution in [0.5, 0.6) is 0 Å². The minimum atomic E-state index is -0.343. The predicted molar refractivity (Wildman–Crippen MR) is 68.3 cm³/mol. The zero-order valence-corrected chi connectivity index (χ0v) is 10.8. The molecule has 0 spiro atoms. The quantitative estimate of drug-likeness (QED) is 0.828. The molecule has 1 unspecified atom stereocenters. The fourth-order valence-electron chi connectivity index (χ4n) is 1.54. The molecule has 16 heavy (non-hydrogen) atoms. The van der Waals surface area contributed by atoms with E-state index in [9.17, 15) is 4.79 Å². The van der Waals surface area contributed by atoms with Gasteiger partial charge in [-0.1, -0.05) is 25.8 Å². The van der Waals surface area contributed by atoms with Crippen LogP contribution in [0.1, 0.15) is 31.1 Å². The van der Waals surface area contributed by atoms with Crippen LogP contribution in [-0.2, 0) is 11.3 Å². The van der Waals surface area contributed by atoms with Gasteiger partial charge in [0.2, 0.25) is 5.91 Å². The monoisotopic (exact) mass is 240 g/mol. The van der Waals surface area contributed by atoms with Crippen molar-refractivity contribution in [2.75, 3.05) is 7.05 Å². The maximum Gasteiger partial charge on any atom is 0.239 e. The van der Waals surface area contributed by atoms with Gasteiger partial charge in [-0.25, -0.2) is 0 Å². The highest BCUT2D eigenvalue weighted by molar-refractivity contribution is 7.09. The molecular weight excluding hydrogens is 220 g/mol. The summed E-state index contributed by atoms with van der Waals surface area (Å²) in [4.78, 5) is 14.8. The molecule has 4 heteroatoms. The van der Waals surface area contributed by atoms with Gasteiger partial charge in [0.1, 0.15) is 0 Å². The fraction of sp³-hybridized carbons (Fsp3) is 0.583. The van der Waals surface area contributed by atoms with Gasteiger partial charge in [-0.2, -0.15) is 0 Å². The number of carbonyl (C=O) groups is 1. The van der Waals surface area contributed by atoms with E-state index in [0.29, 0.717) is 6.54 Å². The summed E-state index contributed by atoms with van der Waals surface area (Å²) in [5.41, 5.74) is 5.85. The van der Waals surface area contributed by atoms with Gasteiger partial charge in [0, 0.05) is 11.9 Å². The highest BCUT2D eigenvalue weighted by Crippen LogP contribution is 2.12. The topological polar surface area (TPSA) is 46.3 Å². The SMILES string of the molecule is CCCCC(N)C(=O)N(C)Cc1cccs1. The Hall–Kier alpha value is -0.870. The number of amides is 1. The number of rotatable bonds is 6. The number of hydrogen-bond donors (Lipinski definition) is 1. The van der Waals surface area contributed by atoms with Crippen molar-refractivity contribution in [2.45, 2.75) is 38.8 Å². The molecule has 90 valence electrons. The largest absolute Gasteiger partial charge is 0.339 e. The van der Waals surface area contributed by atoms with E-state index in [1.54, 1.807) is 16.2 Å². The maximum absolute atomic E-state index is 11.9. The summed E-state index contributed by atoms with van der Waals surface area (Å²) in [6.45, 7) is 2.77. The van der Waals surface area contributed by atoms with Crippen molar-refractivity contribution in [3.63, 3.8) is 0 Å². The van der Waals surface area contributed by atoms with E-state index in [1.165, 1.54) is 4.88 Å². The third kappa shape index (κ3) is 3.94. The highest BCUT2D eigenvalue weighted by Gasteiger charge is 2.17. The lowest BCUT2D eigenvalue weighted by molar-refractivity contribution is -0.131. The van der Waals surface area contributed by atoms with E-state index in [0.717, 1.165) is 19.3 Å². The first-order chi connectivity index (χ1) is 7.65. The number of carbonyl (C=O) groups excluding carboxylic acids is 1. The zero-order valence-electron chi connectivity index (χ0n) is 9.98. The molecule has 1 aromatic heterocycles. The Morgan fingerprint density at radius 3 is 2.94 bits per heavy atom. The minimum absolute atomic E-state index is 0.0434. The molecule has 0 radical (unpaired) electrons. The summed E-state index contributed by atoms with van der Waals surface area (Å²) in [6.07, 6.45) is 2.87. The lowest BCUT2D eigenvalue weighted by Crippen LogP contribution is -2.41. The molecule has 3 nitrogen and oxygen atoms in total. The van der Waals surface area contributed by atoms with Crippen molar-refractivity contribution in [3.8, 4) is 0 Å². The molecule has 1 aromatic rings. The van der Waals surface area contributed by atoms with Crippen LogP contribution in [0, 0.1) is 0 Å². The van der Waals surface area contributed by atoms with Gasteiger partial charge in [0.25, 0.3) is 0 Å². The van der Waals surface area contributed by atoms with Crippen molar-refractivity contribution >= 4 is 17.2 Å². The van der Waals surface area contributed by atoms with Crippen molar-refractivity contribution < 1.29 is 4.79 Å². The molecule has 1 rings (SSSR count). The van der Waals surface area contributed by atoms with Gasteiger partial charge in [-0.15, -0.1) is 11.3 Å². The fourth-order valence-corrected chi connectivity index (χ4v) is 2.30. The predicted octanol–water partition coefficient (Wildman–Crippen LogP) is 2.22. The lowest BCUT2D eigenvalue weighted by atomic mass is 10.1. The standard InChI is InChI=1S/C12H20N2OS/c1-3-4-7-11(13)12(15)14(2)9-10-6-5-8-16-10/h5-6,8,11H,3-4,7,9,13H2,1-2H3. The smallest absolute Gasteiger partial charge is 0.239 e. The Bertz CT molecular complexity index is 311. The van der Waals surface area contributed by atoms with Crippen molar-refractivity contribution in [3.05, 3.63) is 22.4 Å². The van der Waals surface area contributed by atoms with Crippen LogP contribution in [0.4, 0.5) is 0 Å². The molecule has 0 saturated carbocycles. The van der Waals surface area contributed by atoms with Gasteiger partial charge in [0.05, 0.1) is 12.6 Å². The average Bonchev–Trinajstić information content (AvgIpc) is 2.77. The molecule has 0 saturated heterocycles. The number of hydrogen-bond acceptors (Lipinski definition) is 3. The van der Waals surface area contributed by atoms with Crippen molar-refractivity contribution in [2.24, 2.45) is 5.73 Å². The van der Waals surface area contributed by atoms with Crippen LogP contribution in [-0.4, -0.2) is 23.9 Å². The number of nitrogens with zero attached hydrogens (tertiary/aromatic N) is 1. The van der Waals surface area contributed by atoms with Crippen molar-refractivity contribution in [1.82, 2.24) is 4.90 Å². The Morgan fingerprint density at radius 1 is 1.62 bits per heavy atom. The Kier molecular flexibility index (Phi) is 5.49. The molecule has 1 atom stereocenters. The number of nitrogens with two attached hydrogens (primary N) is 1. The molecule has 0 aromatic carbocycles. The van der Waals surface area contributed by atoms with Gasteiger partial charge in [-0.05, 0) is 17.9 Å². The van der Waals surface area contributed by atoms with Crippen LogP contribution >= 0.6 is 11.3 Å². The van der Waals surface area contributed by atoms with Crippen LogP contribution in [0.3, 0.4) is 0 Å². The zero-order chi connectivity index (χ0) is 12.0. The summed E-state index contributed by atoms with van der Waals surface area (Å²) in [6, 6.07) is 3.69. The lowest BCUT2D eigenvalue weighted by Gasteiger charge is -2.20. The van der Waals surface area contributed by atoms with Gasteiger partial charge in [0.15, 0.2) is 0 Å². The van der Waals surface area contributed by atoms with Crippen molar-refractivity contribution in [1.29, 1.82) is 0 Å². The Morgan fingerprint density at radius 2 is 2.38 bits per heavy atom. The van der Waals surface area contributed by atoms with E-state index in [-0.39, 0.29) is 11.9 Å². The van der Waals surface area contributed by atoms with E-state index >= 15 is 0 Å². The molecule has 0 fully saturated rings. The summed E-state index contributed by atoms with van der Waals surface area (Å²) in [5, 5.41) is 2.02.